The molecule has 112 valence electrons. The van der Waals surface area contributed by atoms with E-state index in [1.165, 1.54) is 0 Å². The first-order valence-corrected chi connectivity index (χ1v) is 6.54. The Balaban J connectivity index is 2.41. The van der Waals surface area contributed by atoms with Gasteiger partial charge in [0, 0.05) is 0 Å². The molecule has 20 heavy (non-hydrogen) atoms. The van der Waals surface area contributed by atoms with E-state index < -0.39 is 46.7 Å². The summed E-state index contributed by atoms with van der Waals surface area (Å²) in [6, 6.07) is 0. The average Bonchev–Trinajstić information content (AvgIpc) is 2.43. The van der Waals surface area contributed by atoms with Crippen molar-refractivity contribution in [2.45, 2.75) is 38.7 Å². The van der Waals surface area contributed by atoms with E-state index in [9.17, 15) is 27.1 Å². The molecule has 0 spiro atoms. The molecule has 0 aliphatic heterocycles. The monoisotopic (exact) mass is 294 g/mol. The summed E-state index contributed by atoms with van der Waals surface area (Å²) < 4.78 is 66.5. The second-order valence-corrected chi connectivity index (χ2v) is 5.46. The summed E-state index contributed by atoms with van der Waals surface area (Å²) in [5.41, 5.74) is -1.11. The fraction of sp³-hybridized carbons (Fsp3) is 0.571. The Morgan fingerprint density at radius 2 is 1.40 bits per heavy atom. The second kappa shape index (κ2) is 5.68. The highest BCUT2D eigenvalue weighted by atomic mass is 19.2. The van der Waals surface area contributed by atoms with Gasteiger partial charge in [-0.25, -0.2) is 22.0 Å². The first-order chi connectivity index (χ1) is 9.34. The van der Waals surface area contributed by atoms with Crippen LogP contribution < -0.4 is 0 Å². The van der Waals surface area contributed by atoms with Crippen LogP contribution in [0.25, 0.3) is 0 Å². The van der Waals surface area contributed by atoms with Gasteiger partial charge in [0.05, 0.1) is 11.7 Å². The van der Waals surface area contributed by atoms with Crippen LogP contribution in [0.5, 0.6) is 0 Å². The number of aliphatic hydroxyl groups is 1. The maximum Gasteiger partial charge on any atom is 0.200 e. The van der Waals surface area contributed by atoms with Crippen LogP contribution in [0.4, 0.5) is 22.0 Å². The first-order valence-electron chi connectivity index (χ1n) is 6.54. The Kier molecular flexibility index (Phi) is 4.32. The molecule has 2 rings (SSSR count). The molecule has 0 heterocycles. The van der Waals surface area contributed by atoms with Crippen LogP contribution in [-0.4, -0.2) is 5.11 Å². The van der Waals surface area contributed by atoms with E-state index in [1.54, 1.807) is 0 Å². The summed E-state index contributed by atoms with van der Waals surface area (Å²) in [7, 11) is 0. The molecule has 1 aromatic carbocycles. The van der Waals surface area contributed by atoms with Crippen molar-refractivity contribution in [3.05, 3.63) is 34.6 Å². The third-order valence-electron chi connectivity index (χ3n) is 3.96. The third-order valence-corrected chi connectivity index (χ3v) is 3.96. The lowest BCUT2D eigenvalue weighted by Gasteiger charge is -2.31. The highest BCUT2D eigenvalue weighted by Crippen LogP contribution is 2.39. The van der Waals surface area contributed by atoms with Gasteiger partial charge in [-0.1, -0.05) is 19.8 Å². The molecule has 0 saturated heterocycles. The largest absolute Gasteiger partial charge is 0.388 e. The molecular weight excluding hydrogens is 279 g/mol. The molecule has 1 saturated carbocycles. The number of rotatable bonds is 2. The van der Waals surface area contributed by atoms with Crippen molar-refractivity contribution in [3.8, 4) is 0 Å². The minimum Gasteiger partial charge on any atom is -0.388 e. The molecule has 1 aromatic rings. The molecular formula is C14H15F5O. The zero-order valence-electron chi connectivity index (χ0n) is 10.9. The summed E-state index contributed by atoms with van der Waals surface area (Å²) in [4.78, 5) is 0. The van der Waals surface area contributed by atoms with Crippen LogP contribution in [0.3, 0.4) is 0 Å². The van der Waals surface area contributed by atoms with E-state index in [2.05, 4.69) is 0 Å². The van der Waals surface area contributed by atoms with Crippen molar-refractivity contribution < 1.29 is 27.1 Å². The molecule has 6 heteroatoms. The Bertz CT molecular complexity index is 488. The molecule has 1 aliphatic carbocycles. The molecule has 1 nitrogen and oxygen atoms in total. The standard InChI is InChI=1S/C14H15F5O/c1-6-3-2-4-7(5-6)14(20)8-9(15)11(17)13(19)12(18)10(8)16/h6-7,14,20H,2-5H2,1H3. The quantitative estimate of drug-likeness (QED) is 0.491. The molecule has 3 unspecified atom stereocenters. The summed E-state index contributed by atoms with van der Waals surface area (Å²) in [6.45, 7) is 1.93. The Morgan fingerprint density at radius 1 is 0.900 bits per heavy atom. The number of halogens is 5. The zero-order chi connectivity index (χ0) is 15.0. The first kappa shape index (κ1) is 15.2. The number of hydrogen-bond donors (Lipinski definition) is 1. The fourth-order valence-corrected chi connectivity index (χ4v) is 2.89. The van der Waals surface area contributed by atoms with Gasteiger partial charge in [-0.2, -0.15) is 0 Å². The summed E-state index contributed by atoms with van der Waals surface area (Å²) in [6.07, 6.45) is 1.02. The lowest BCUT2D eigenvalue weighted by Crippen LogP contribution is -2.23. The van der Waals surface area contributed by atoms with Gasteiger partial charge < -0.3 is 5.11 Å². The molecule has 1 N–H and O–H groups in total. The van der Waals surface area contributed by atoms with Crippen LogP contribution in [0.15, 0.2) is 0 Å². The molecule has 1 fully saturated rings. The summed E-state index contributed by atoms with van der Waals surface area (Å²) in [5, 5.41) is 10.0. The lowest BCUT2D eigenvalue weighted by molar-refractivity contribution is 0.0635. The number of aliphatic hydroxyl groups excluding tert-OH is 1. The number of hydrogen-bond acceptors (Lipinski definition) is 1. The van der Waals surface area contributed by atoms with E-state index in [-0.39, 0.29) is 5.92 Å². The van der Waals surface area contributed by atoms with Gasteiger partial charge >= 0.3 is 0 Å². The minimum absolute atomic E-state index is 0.254. The van der Waals surface area contributed by atoms with Crippen LogP contribution in [0, 0.1) is 40.9 Å². The predicted molar refractivity (Wildman–Crippen MR) is 62.3 cm³/mol. The Morgan fingerprint density at radius 3 is 1.90 bits per heavy atom. The Hall–Kier alpha value is -1.17. The molecule has 0 bridgehead atoms. The number of benzene rings is 1. The lowest BCUT2D eigenvalue weighted by atomic mass is 9.77. The van der Waals surface area contributed by atoms with Crippen molar-refractivity contribution in [2.75, 3.05) is 0 Å². The summed E-state index contributed by atoms with van der Waals surface area (Å²) >= 11 is 0. The van der Waals surface area contributed by atoms with Crippen LogP contribution in [-0.2, 0) is 0 Å². The minimum atomic E-state index is -2.20. The fourth-order valence-electron chi connectivity index (χ4n) is 2.89. The highest BCUT2D eigenvalue weighted by molar-refractivity contribution is 5.26. The normalized spacial score (nSPS) is 24.8. The van der Waals surface area contributed by atoms with Crippen LogP contribution in [0.2, 0.25) is 0 Å². The van der Waals surface area contributed by atoms with Crippen LogP contribution >= 0.6 is 0 Å². The molecule has 1 aliphatic rings. The highest BCUT2D eigenvalue weighted by Gasteiger charge is 2.34. The van der Waals surface area contributed by atoms with Gasteiger partial charge in [-0.15, -0.1) is 0 Å². The third kappa shape index (κ3) is 2.53. The van der Waals surface area contributed by atoms with Gasteiger partial charge in [-0.05, 0) is 24.7 Å². The van der Waals surface area contributed by atoms with E-state index in [4.69, 9.17) is 0 Å². The zero-order valence-corrected chi connectivity index (χ0v) is 10.9. The SMILES string of the molecule is CC1CCCC(C(O)c2c(F)c(F)c(F)c(F)c2F)C1. The molecule has 0 aromatic heterocycles. The molecule has 0 amide bonds. The van der Waals surface area contributed by atoms with Crippen molar-refractivity contribution in [3.63, 3.8) is 0 Å². The van der Waals surface area contributed by atoms with E-state index >= 15 is 0 Å². The van der Waals surface area contributed by atoms with Crippen LogP contribution in [0.1, 0.15) is 44.3 Å². The maximum atomic E-state index is 13.6. The van der Waals surface area contributed by atoms with Crippen molar-refractivity contribution in [1.82, 2.24) is 0 Å². The molecule has 3 atom stereocenters. The van der Waals surface area contributed by atoms with Gasteiger partial charge in [0.2, 0.25) is 5.82 Å². The van der Waals surface area contributed by atoms with Gasteiger partial charge in [0.25, 0.3) is 0 Å². The van der Waals surface area contributed by atoms with Crippen molar-refractivity contribution in [2.24, 2.45) is 11.8 Å². The van der Waals surface area contributed by atoms with Gasteiger partial charge in [0.1, 0.15) is 0 Å². The van der Waals surface area contributed by atoms with Gasteiger partial charge in [-0.3, -0.25) is 0 Å². The topological polar surface area (TPSA) is 20.2 Å². The summed E-state index contributed by atoms with van der Waals surface area (Å²) in [5.74, 6) is -10.3. The van der Waals surface area contributed by atoms with E-state index in [0.717, 1.165) is 12.8 Å². The average molecular weight is 294 g/mol. The Labute approximate surface area is 113 Å². The van der Waals surface area contributed by atoms with Crippen molar-refractivity contribution >= 4 is 0 Å². The predicted octanol–water partition coefficient (Wildman–Crippen LogP) is 4.24. The smallest absolute Gasteiger partial charge is 0.200 e. The van der Waals surface area contributed by atoms with Gasteiger partial charge in [0.15, 0.2) is 23.3 Å². The molecule has 0 radical (unpaired) electrons. The second-order valence-electron chi connectivity index (χ2n) is 5.46. The maximum absolute atomic E-state index is 13.6. The van der Waals surface area contributed by atoms with E-state index in [1.807, 2.05) is 6.92 Å². The van der Waals surface area contributed by atoms with E-state index in [0.29, 0.717) is 12.8 Å². The van der Waals surface area contributed by atoms with Crippen molar-refractivity contribution in [1.29, 1.82) is 0 Å².